The molecule has 0 unspecified atom stereocenters. The largest absolute Gasteiger partial charge is 0.495 e. The fourth-order valence-corrected chi connectivity index (χ4v) is 3.66. The third-order valence-corrected chi connectivity index (χ3v) is 4.98. The van der Waals surface area contributed by atoms with Gasteiger partial charge in [-0.1, -0.05) is 30.3 Å². The lowest BCUT2D eigenvalue weighted by Gasteiger charge is -2.14. The predicted octanol–water partition coefficient (Wildman–Crippen LogP) is 4.44. The summed E-state index contributed by atoms with van der Waals surface area (Å²) in [4.78, 5) is 23.8. The summed E-state index contributed by atoms with van der Waals surface area (Å²) in [6, 6.07) is 15.4. The fraction of sp³-hybridized carbons (Fsp3) is 0.0500. The molecule has 0 aromatic heterocycles. The Labute approximate surface area is 174 Å². The summed E-state index contributed by atoms with van der Waals surface area (Å²) in [5, 5.41) is 16.3. The molecule has 0 saturated heterocycles. The van der Waals surface area contributed by atoms with Gasteiger partial charge in [0, 0.05) is 5.69 Å². The highest BCUT2D eigenvalue weighted by Crippen LogP contribution is 2.36. The summed E-state index contributed by atoms with van der Waals surface area (Å²) < 4.78 is 6.08. The second kappa shape index (κ2) is 8.37. The number of thiocarbonyl (C=S) groups is 1. The van der Waals surface area contributed by atoms with Crippen LogP contribution in [0.1, 0.15) is 20.7 Å². The number of rotatable bonds is 4. The van der Waals surface area contributed by atoms with Gasteiger partial charge in [0.05, 0.1) is 22.7 Å². The van der Waals surface area contributed by atoms with E-state index in [2.05, 4.69) is 26.6 Å². The SMILES string of the molecule is COc1c(C(=O)NC(=S)Nc2cccc(C(=O)O)c2)cc2ccccc2c1Br. The summed E-state index contributed by atoms with van der Waals surface area (Å²) in [6.45, 7) is 0. The minimum absolute atomic E-state index is 0.0406. The number of ether oxygens (including phenoxy) is 1. The highest BCUT2D eigenvalue weighted by Gasteiger charge is 2.19. The lowest BCUT2D eigenvalue weighted by Crippen LogP contribution is -2.34. The standard InChI is InChI=1S/C20H15BrN2O4S/c1-27-17-15(10-11-5-2-3-8-14(11)16(17)21)18(24)23-20(28)22-13-7-4-6-12(9-13)19(25)26/h2-10H,1H3,(H,25,26)(H2,22,23,24,28). The number of carboxylic acids is 1. The number of benzene rings is 3. The average molecular weight is 459 g/mol. The molecule has 0 bridgehead atoms. The smallest absolute Gasteiger partial charge is 0.335 e. The maximum Gasteiger partial charge on any atom is 0.335 e. The van der Waals surface area contributed by atoms with Gasteiger partial charge >= 0.3 is 5.97 Å². The van der Waals surface area contributed by atoms with E-state index >= 15 is 0 Å². The molecule has 28 heavy (non-hydrogen) atoms. The number of fused-ring (bicyclic) bond motifs is 1. The molecule has 1 amide bonds. The van der Waals surface area contributed by atoms with Gasteiger partial charge in [-0.3, -0.25) is 10.1 Å². The van der Waals surface area contributed by atoms with Crippen LogP contribution in [0, 0.1) is 0 Å². The third-order valence-electron chi connectivity index (χ3n) is 3.98. The second-order valence-corrected chi connectivity index (χ2v) is 6.99. The number of aromatic carboxylic acids is 1. The molecule has 0 fully saturated rings. The topological polar surface area (TPSA) is 87.7 Å². The number of anilines is 1. The zero-order valence-electron chi connectivity index (χ0n) is 14.7. The normalized spacial score (nSPS) is 10.4. The first kappa shape index (κ1) is 19.8. The molecule has 0 radical (unpaired) electrons. The molecule has 8 heteroatoms. The molecule has 142 valence electrons. The monoisotopic (exact) mass is 458 g/mol. The van der Waals surface area contributed by atoms with Gasteiger partial charge in [-0.2, -0.15) is 0 Å². The van der Waals surface area contributed by atoms with Gasteiger partial charge in [0.25, 0.3) is 5.91 Å². The molecule has 0 aliphatic rings. The molecule has 0 aliphatic heterocycles. The predicted molar refractivity (Wildman–Crippen MR) is 115 cm³/mol. The summed E-state index contributed by atoms with van der Waals surface area (Å²) in [5.74, 6) is -1.11. The van der Waals surface area contributed by atoms with Gasteiger partial charge in [-0.25, -0.2) is 4.79 Å². The van der Waals surface area contributed by atoms with Gasteiger partial charge in [0.15, 0.2) is 5.11 Å². The molecule has 3 aromatic carbocycles. The highest BCUT2D eigenvalue weighted by molar-refractivity contribution is 9.10. The van der Waals surface area contributed by atoms with Crippen LogP contribution in [0.2, 0.25) is 0 Å². The molecule has 0 spiro atoms. The minimum Gasteiger partial charge on any atom is -0.495 e. The van der Waals surface area contributed by atoms with E-state index < -0.39 is 11.9 Å². The van der Waals surface area contributed by atoms with Crippen molar-refractivity contribution in [1.82, 2.24) is 5.32 Å². The van der Waals surface area contributed by atoms with Gasteiger partial charge in [0.1, 0.15) is 5.75 Å². The molecule has 0 saturated carbocycles. The Hall–Kier alpha value is -2.97. The van der Waals surface area contributed by atoms with E-state index in [0.29, 0.717) is 21.5 Å². The molecule has 0 heterocycles. The van der Waals surface area contributed by atoms with Crippen molar-refractivity contribution < 1.29 is 19.4 Å². The quantitative estimate of drug-likeness (QED) is 0.501. The first-order chi connectivity index (χ1) is 13.4. The van der Waals surface area contributed by atoms with E-state index in [4.69, 9.17) is 22.1 Å². The average Bonchev–Trinajstić information content (AvgIpc) is 2.68. The number of hydrogen-bond acceptors (Lipinski definition) is 4. The molecule has 0 atom stereocenters. The van der Waals surface area contributed by atoms with Crippen molar-refractivity contribution in [1.29, 1.82) is 0 Å². The van der Waals surface area contributed by atoms with Crippen LogP contribution < -0.4 is 15.4 Å². The zero-order valence-corrected chi connectivity index (χ0v) is 17.1. The lowest BCUT2D eigenvalue weighted by molar-refractivity contribution is 0.0696. The van der Waals surface area contributed by atoms with E-state index in [1.54, 1.807) is 18.2 Å². The molecule has 3 aromatic rings. The van der Waals surface area contributed by atoms with Gasteiger partial charge in [-0.05, 0) is 63.2 Å². The van der Waals surface area contributed by atoms with Crippen molar-refractivity contribution in [2.75, 3.05) is 12.4 Å². The lowest BCUT2D eigenvalue weighted by atomic mass is 10.1. The fourth-order valence-electron chi connectivity index (χ4n) is 2.72. The first-order valence-corrected chi connectivity index (χ1v) is 9.31. The first-order valence-electron chi connectivity index (χ1n) is 8.11. The Morgan fingerprint density at radius 1 is 1.11 bits per heavy atom. The van der Waals surface area contributed by atoms with E-state index in [9.17, 15) is 9.59 Å². The Bertz CT molecular complexity index is 1100. The van der Waals surface area contributed by atoms with Crippen LogP contribution in [-0.4, -0.2) is 29.2 Å². The van der Waals surface area contributed by atoms with Crippen LogP contribution in [-0.2, 0) is 0 Å². The van der Waals surface area contributed by atoms with Crippen molar-refractivity contribution in [3.05, 3.63) is 70.2 Å². The van der Waals surface area contributed by atoms with Crippen LogP contribution in [0.5, 0.6) is 5.75 Å². The molecule has 3 rings (SSSR count). The molecule has 3 N–H and O–H groups in total. The maximum atomic E-state index is 12.8. The zero-order chi connectivity index (χ0) is 20.3. The number of hydrogen-bond donors (Lipinski definition) is 3. The molecular weight excluding hydrogens is 444 g/mol. The van der Waals surface area contributed by atoms with Gasteiger partial charge in [0.2, 0.25) is 0 Å². The van der Waals surface area contributed by atoms with Crippen molar-refractivity contribution in [3.8, 4) is 5.75 Å². The van der Waals surface area contributed by atoms with Crippen LogP contribution >= 0.6 is 28.1 Å². The Balaban J connectivity index is 1.84. The molecular formula is C20H15BrN2O4S. The van der Waals surface area contributed by atoms with E-state index in [1.165, 1.54) is 19.2 Å². The number of nitrogens with one attached hydrogen (secondary N) is 2. The number of amides is 1. The summed E-state index contributed by atoms with van der Waals surface area (Å²) >= 11 is 8.68. The Morgan fingerprint density at radius 2 is 1.86 bits per heavy atom. The highest BCUT2D eigenvalue weighted by atomic mass is 79.9. The number of methoxy groups -OCH3 is 1. The number of halogens is 1. The summed E-state index contributed by atoms with van der Waals surface area (Å²) in [6.07, 6.45) is 0. The minimum atomic E-state index is -1.05. The Morgan fingerprint density at radius 3 is 2.57 bits per heavy atom. The van der Waals surface area contributed by atoms with Crippen molar-refractivity contribution >= 4 is 61.6 Å². The number of carbonyl (C=O) groups is 2. The van der Waals surface area contributed by atoms with E-state index in [-0.39, 0.29) is 10.7 Å². The van der Waals surface area contributed by atoms with E-state index in [0.717, 1.165) is 10.8 Å². The third kappa shape index (κ3) is 4.13. The van der Waals surface area contributed by atoms with Gasteiger partial charge < -0.3 is 15.2 Å². The maximum absolute atomic E-state index is 12.8. The summed E-state index contributed by atoms with van der Waals surface area (Å²) in [5.41, 5.74) is 0.882. The van der Waals surface area contributed by atoms with Crippen LogP contribution in [0.25, 0.3) is 10.8 Å². The van der Waals surface area contributed by atoms with Crippen LogP contribution in [0.3, 0.4) is 0 Å². The van der Waals surface area contributed by atoms with Crippen LogP contribution in [0.15, 0.2) is 59.1 Å². The molecule has 6 nitrogen and oxygen atoms in total. The summed E-state index contributed by atoms with van der Waals surface area (Å²) in [7, 11) is 1.49. The Kier molecular flexibility index (Phi) is 5.91. The second-order valence-electron chi connectivity index (χ2n) is 5.79. The van der Waals surface area contributed by atoms with Crippen LogP contribution in [0.4, 0.5) is 5.69 Å². The number of carbonyl (C=O) groups excluding carboxylic acids is 1. The van der Waals surface area contributed by atoms with E-state index in [1.807, 2.05) is 24.3 Å². The molecule has 0 aliphatic carbocycles. The van der Waals surface area contributed by atoms with Gasteiger partial charge in [-0.15, -0.1) is 0 Å². The van der Waals surface area contributed by atoms with Crippen molar-refractivity contribution in [2.45, 2.75) is 0 Å². The van der Waals surface area contributed by atoms with Crippen molar-refractivity contribution in [2.24, 2.45) is 0 Å². The number of carboxylic acid groups (broad SMARTS) is 1. The van der Waals surface area contributed by atoms with Crippen molar-refractivity contribution in [3.63, 3.8) is 0 Å².